The van der Waals surface area contributed by atoms with E-state index >= 15 is 0 Å². The Bertz CT molecular complexity index is 1380. The number of benzene rings is 5. The Balaban J connectivity index is 1.66. The molecule has 0 bridgehead atoms. The van der Waals surface area contributed by atoms with Crippen LogP contribution in [0.3, 0.4) is 0 Å². The molecule has 0 unspecified atom stereocenters. The van der Waals surface area contributed by atoms with E-state index in [1.54, 1.807) is 0 Å². The van der Waals surface area contributed by atoms with E-state index in [0.717, 1.165) is 22.6 Å². The van der Waals surface area contributed by atoms with Gasteiger partial charge in [-0.15, -0.1) is 0 Å². The molecule has 1 nitrogen and oxygen atoms in total. The molecule has 1 heteroatoms. The predicted molar refractivity (Wildman–Crippen MR) is 120 cm³/mol. The van der Waals surface area contributed by atoms with Gasteiger partial charge in [0, 0.05) is 11.1 Å². The van der Waals surface area contributed by atoms with Crippen molar-refractivity contribution in [2.24, 2.45) is 0 Å². The summed E-state index contributed by atoms with van der Waals surface area (Å²) in [4.78, 5) is 0. The Labute approximate surface area is 169 Å². The zero-order chi connectivity index (χ0) is 19.2. The maximum absolute atomic E-state index is 6.30. The predicted octanol–water partition coefficient (Wildman–Crippen LogP) is 7.95. The van der Waals surface area contributed by atoms with E-state index in [1.807, 2.05) is 24.3 Å². The number of para-hydroxylation sites is 2. The van der Waals surface area contributed by atoms with Crippen molar-refractivity contribution in [1.29, 1.82) is 0 Å². The molecule has 0 radical (unpaired) electrons. The fraction of sp³-hybridized carbons (Fsp3) is 0. The third kappa shape index (κ3) is 2.55. The minimum Gasteiger partial charge on any atom is -0.456 e. The molecular formula is C28H18O. The molecule has 1 aliphatic rings. The quantitative estimate of drug-likeness (QED) is 0.285. The van der Waals surface area contributed by atoms with E-state index in [-0.39, 0.29) is 0 Å². The van der Waals surface area contributed by atoms with E-state index in [9.17, 15) is 0 Å². The highest BCUT2D eigenvalue weighted by molar-refractivity contribution is 5.99. The summed E-state index contributed by atoms with van der Waals surface area (Å²) < 4.78 is 6.30. The Hall–Kier alpha value is -3.84. The van der Waals surface area contributed by atoms with Crippen LogP contribution in [0.4, 0.5) is 0 Å². The van der Waals surface area contributed by atoms with Crippen molar-refractivity contribution in [3.8, 4) is 44.9 Å². The average Bonchev–Trinajstić information content (AvgIpc) is 2.93. The van der Waals surface area contributed by atoms with Crippen LogP contribution in [0.5, 0.6) is 11.5 Å². The van der Waals surface area contributed by atoms with Crippen LogP contribution < -0.4 is 4.74 Å². The van der Waals surface area contributed by atoms with Crippen molar-refractivity contribution in [3.05, 3.63) is 109 Å². The van der Waals surface area contributed by atoms with Crippen LogP contribution in [-0.4, -0.2) is 0 Å². The van der Waals surface area contributed by atoms with Gasteiger partial charge in [0.1, 0.15) is 11.5 Å². The first-order chi connectivity index (χ1) is 14.4. The summed E-state index contributed by atoms with van der Waals surface area (Å²) in [7, 11) is 0. The Morgan fingerprint density at radius 1 is 0.414 bits per heavy atom. The topological polar surface area (TPSA) is 9.23 Å². The van der Waals surface area contributed by atoms with Gasteiger partial charge in [-0.25, -0.2) is 0 Å². The van der Waals surface area contributed by atoms with Crippen LogP contribution in [0.15, 0.2) is 109 Å². The van der Waals surface area contributed by atoms with Gasteiger partial charge in [-0.05, 0) is 51.2 Å². The first kappa shape index (κ1) is 16.1. The first-order valence-corrected chi connectivity index (χ1v) is 9.87. The molecule has 1 heterocycles. The van der Waals surface area contributed by atoms with Gasteiger partial charge >= 0.3 is 0 Å². The molecule has 0 amide bonds. The first-order valence-electron chi connectivity index (χ1n) is 9.87. The van der Waals surface area contributed by atoms with Crippen molar-refractivity contribution in [3.63, 3.8) is 0 Å². The molecule has 29 heavy (non-hydrogen) atoms. The van der Waals surface area contributed by atoms with Gasteiger partial charge in [-0.3, -0.25) is 0 Å². The molecule has 0 saturated carbocycles. The lowest BCUT2D eigenvalue weighted by Gasteiger charge is -2.13. The molecular weight excluding hydrogens is 352 g/mol. The van der Waals surface area contributed by atoms with Crippen LogP contribution in [0.25, 0.3) is 44.2 Å². The van der Waals surface area contributed by atoms with Gasteiger partial charge in [0.25, 0.3) is 0 Å². The highest BCUT2D eigenvalue weighted by atomic mass is 16.5. The summed E-state index contributed by atoms with van der Waals surface area (Å²) >= 11 is 0. The lowest BCUT2D eigenvalue weighted by Crippen LogP contribution is -1.87. The molecule has 5 aromatic carbocycles. The Kier molecular flexibility index (Phi) is 3.54. The van der Waals surface area contributed by atoms with Crippen molar-refractivity contribution in [1.82, 2.24) is 0 Å². The second-order valence-electron chi connectivity index (χ2n) is 7.38. The summed E-state index contributed by atoms with van der Waals surface area (Å²) in [6, 6.07) is 38.4. The van der Waals surface area contributed by atoms with Gasteiger partial charge < -0.3 is 4.74 Å². The third-order valence-electron chi connectivity index (χ3n) is 5.69. The second kappa shape index (κ2) is 6.35. The van der Waals surface area contributed by atoms with Gasteiger partial charge in [0.05, 0.1) is 0 Å². The van der Waals surface area contributed by atoms with Crippen LogP contribution in [0, 0.1) is 0 Å². The number of fused-ring (bicyclic) bond motifs is 6. The zero-order valence-electron chi connectivity index (χ0n) is 15.8. The minimum atomic E-state index is 0.897. The maximum atomic E-state index is 6.30. The minimum absolute atomic E-state index is 0.897. The lowest BCUT2D eigenvalue weighted by atomic mass is 9.90. The Morgan fingerprint density at radius 2 is 1.03 bits per heavy atom. The van der Waals surface area contributed by atoms with Crippen molar-refractivity contribution in [2.45, 2.75) is 0 Å². The van der Waals surface area contributed by atoms with Crippen LogP contribution >= 0.6 is 0 Å². The largest absolute Gasteiger partial charge is 0.456 e. The molecule has 1 aliphatic heterocycles. The van der Waals surface area contributed by atoms with Gasteiger partial charge in [-0.2, -0.15) is 0 Å². The van der Waals surface area contributed by atoms with E-state index in [4.69, 9.17) is 4.74 Å². The standard InChI is InChI=1S/C28H18O/c1-2-10-21-19(8-1)9-7-13-22(21)20-16-17-23-24-11-3-5-14-27(24)29-28-15-6-4-12-25(28)26(23)18-20/h1-18H. The zero-order valence-corrected chi connectivity index (χ0v) is 15.8. The van der Waals surface area contributed by atoms with Gasteiger partial charge in [-0.1, -0.05) is 91.0 Å². The molecule has 0 atom stereocenters. The summed E-state index contributed by atoms with van der Waals surface area (Å²) in [5, 5.41) is 2.53. The lowest BCUT2D eigenvalue weighted by molar-refractivity contribution is 0.488. The second-order valence-corrected chi connectivity index (χ2v) is 7.38. The summed E-state index contributed by atoms with van der Waals surface area (Å²) in [6.07, 6.45) is 0. The number of hydrogen-bond acceptors (Lipinski definition) is 1. The molecule has 0 aliphatic carbocycles. The van der Waals surface area contributed by atoms with E-state index in [0.29, 0.717) is 0 Å². The Morgan fingerprint density at radius 3 is 1.86 bits per heavy atom. The fourth-order valence-corrected chi connectivity index (χ4v) is 4.32. The summed E-state index contributed by atoms with van der Waals surface area (Å²) in [6.45, 7) is 0. The van der Waals surface area contributed by atoms with Crippen LogP contribution in [0.1, 0.15) is 0 Å². The molecule has 6 rings (SSSR count). The normalized spacial score (nSPS) is 11.7. The maximum Gasteiger partial charge on any atom is 0.135 e. The highest BCUT2D eigenvalue weighted by Crippen LogP contribution is 2.47. The average molecular weight is 370 g/mol. The van der Waals surface area contributed by atoms with Crippen LogP contribution in [0.2, 0.25) is 0 Å². The van der Waals surface area contributed by atoms with Crippen molar-refractivity contribution < 1.29 is 4.74 Å². The molecule has 0 fully saturated rings. The van der Waals surface area contributed by atoms with Gasteiger partial charge in [0.2, 0.25) is 0 Å². The SMILES string of the molecule is c1ccc2c(c1)Oc1ccccc1-c1cc(-c3cccc4ccccc34)ccc1-2. The number of rotatable bonds is 1. The molecule has 0 saturated heterocycles. The van der Waals surface area contributed by atoms with Gasteiger partial charge in [0.15, 0.2) is 0 Å². The van der Waals surface area contributed by atoms with Crippen molar-refractivity contribution >= 4 is 10.8 Å². The fourth-order valence-electron chi connectivity index (χ4n) is 4.32. The highest BCUT2D eigenvalue weighted by Gasteiger charge is 2.20. The van der Waals surface area contributed by atoms with Crippen LogP contribution in [-0.2, 0) is 0 Å². The third-order valence-corrected chi connectivity index (χ3v) is 5.69. The molecule has 0 spiro atoms. The van der Waals surface area contributed by atoms with E-state index in [2.05, 4.69) is 84.9 Å². The molecule has 0 N–H and O–H groups in total. The van der Waals surface area contributed by atoms with E-state index < -0.39 is 0 Å². The summed E-state index contributed by atoms with van der Waals surface area (Å²) in [5.74, 6) is 1.80. The molecule has 5 aromatic rings. The van der Waals surface area contributed by atoms with Crippen molar-refractivity contribution in [2.75, 3.05) is 0 Å². The molecule has 0 aromatic heterocycles. The number of ether oxygens (including phenoxy) is 1. The summed E-state index contributed by atoms with van der Waals surface area (Å²) in [5.41, 5.74) is 7.13. The smallest absolute Gasteiger partial charge is 0.135 e. The monoisotopic (exact) mass is 370 g/mol. The van der Waals surface area contributed by atoms with E-state index in [1.165, 1.54) is 33.0 Å². The molecule has 136 valence electrons. The number of hydrogen-bond donors (Lipinski definition) is 0.